The molecule has 0 amide bonds. The molecule has 0 radical (unpaired) electrons. The Morgan fingerprint density at radius 2 is 1.85 bits per heavy atom. The van der Waals surface area contributed by atoms with E-state index in [-0.39, 0.29) is 17.4 Å². The van der Waals surface area contributed by atoms with E-state index in [2.05, 4.69) is 32.6 Å². The normalized spacial score (nSPS) is 50.8. The molecule has 1 saturated heterocycles. The maximum atomic E-state index is 11.0. The number of aliphatic hydroxyl groups is 5. The van der Waals surface area contributed by atoms with E-state index in [0.717, 1.165) is 36.8 Å². The molecule has 1 heterocycles. The van der Waals surface area contributed by atoms with E-state index in [1.807, 2.05) is 6.92 Å². The van der Waals surface area contributed by atoms with Crippen molar-refractivity contribution in [1.82, 2.24) is 0 Å². The first-order valence-corrected chi connectivity index (χ1v) is 12.2. The van der Waals surface area contributed by atoms with Crippen LogP contribution in [-0.4, -0.2) is 74.6 Å². The highest BCUT2D eigenvalue weighted by atomic mass is 16.7. The third kappa shape index (κ3) is 3.43. The highest BCUT2D eigenvalue weighted by Gasteiger charge is 2.59. The molecule has 7 nitrogen and oxygen atoms in total. The van der Waals surface area contributed by atoms with Gasteiger partial charge in [0.05, 0.1) is 18.3 Å². The lowest BCUT2D eigenvalue weighted by molar-refractivity contribution is -0.316. The summed E-state index contributed by atoms with van der Waals surface area (Å²) in [6, 6.07) is 0. The first-order valence-electron chi connectivity index (χ1n) is 12.2. The average molecular weight is 463 g/mol. The Labute approximate surface area is 195 Å². The molecule has 2 saturated carbocycles. The van der Waals surface area contributed by atoms with Gasteiger partial charge in [-0.05, 0) is 66.6 Å². The Bertz CT molecular complexity index is 887. The molecule has 5 N–H and O–H groups in total. The minimum absolute atomic E-state index is 0.0580. The van der Waals surface area contributed by atoms with Crippen molar-refractivity contribution in [3.8, 4) is 0 Å². The molecule has 10 unspecified atom stereocenters. The number of ether oxygens (including phenoxy) is 2. The molecular formula is C26H38O7. The van der Waals surface area contributed by atoms with E-state index in [0.29, 0.717) is 12.3 Å². The zero-order chi connectivity index (χ0) is 23.9. The first kappa shape index (κ1) is 23.7. The molecule has 1 spiro atoms. The molecule has 5 aliphatic rings. The van der Waals surface area contributed by atoms with Crippen LogP contribution in [0.25, 0.3) is 0 Å². The van der Waals surface area contributed by atoms with Crippen molar-refractivity contribution in [2.75, 3.05) is 6.61 Å². The van der Waals surface area contributed by atoms with Crippen LogP contribution in [0.4, 0.5) is 0 Å². The van der Waals surface area contributed by atoms with Crippen LogP contribution in [0, 0.1) is 22.7 Å². The first-order chi connectivity index (χ1) is 15.4. The van der Waals surface area contributed by atoms with Gasteiger partial charge < -0.3 is 35.0 Å². The monoisotopic (exact) mass is 462 g/mol. The molecule has 10 atom stereocenters. The van der Waals surface area contributed by atoms with E-state index in [1.54, 1.807) is 0 Å². The van der Waals surface area contributed by atoms with E-state index < -0.39 is 48.3 Å². The van der Waals surface area contributed by atoms with Gasteiger partial charge in [0.1, 0.15) is 24.4 Å². The molecule has 0 aromatic heterocycles. The smallest absolute Gasteiger partial charge is 0.187 e. The van der Waals surface area contributed by atoms with Gasteiger partial charge in [0, 0.05) is 11.8 Å². The van der Waals surface area contributed by atoms with E-state index in [1.165, 1.54) is 5.57 Å². The summed E-state index contributed by atoms with van der Waals surface area (Å²) in [6.45, 7) is 10.2. The minimum Gasteiger partial charge on any atom is -0.394 e. The van der Waals surface area contributed by atoms with Crippen LogP contribution in [0.3, 0.4) is 0 Å². The number of hydrogen-bond donors (Lipinski definition) is 5. The molecule has 4 aliphatic carbocycles. The summed E-state index contributed by atoms with van der Waals surface area (Å²) in [7, 11) is 0. The van der Waals surface area contributed by atoms with Crippen molar-refractivity contribution in [2.24, 2.45) is 22.7 Å². The van der Waals surface area contributed by atoms with Gasteiger partial charge in [-0.1, -0.05) is 32.6 Å². The van der Waals surface area contributed by atoms with E-state index in [4.69, 9.17) is 9.47 Å². The average Bonchev–Trinajstić information content (AvgIpc) is 3.06. The summed E-state index contributed by atoms with van der Waals surface area (Å²) >= 11 is 0. The van der Waals surface area contributed by atoms with Crippen molar-refractivity contribution < 1.29 is 35.0 Å². The fraction of sp³-hybridized carbons (Fsp3) is 0.769. The van der Waals surface area contributed by atoms with Crippen LogP contribution in [0.1, 0.15) is 52.9 Å². The van der Waals surface area contributed by atoms with Crippen LogP contribution >= 0.6 is 0 Å². The number of fused-ring (bicyclic) bond motifs is 1. The Hall–Kier alpha value is -1.06. The largest absolute Gasteiger partial charge is 0.394 e. The summed E-state index contributed by atoms with van der Waals surface area (Å²) in [5, 5.41) is 51.2. The van der Waals surface area contributed by atoms with Crippen molar-refractivity contribution in [3.05, 3.63) is 35.5 Å². The fourth-order valence-electron chi connectivity index (χ4n) is 7.41. The van der Waals surface area contributed by atoms with Gasteiger partial charge in [-0.15, -0.1) is 0 Å². The summed E-state index contributed by atoms with van der Waals surface area (Å²) in [5.41, 5.74) is 2.36. The summed E-state index contributed by atoms with van der Waals surface area (Å²) in [5.74, 6) is 0.614. The van der Waals surface area contributed by atoms with Crippen LogP contribution in [-0.2, 0) is 9.47 Å². The van der Waals surface area contributed by atoms with Crippen molar-refractivity contribution in [1.29, 1.82) is 0 Å². The predicted molar refractivity (Wildman–Crippen MR) is 121 cm³/mol. The van der Waals surface area contributed by atoms with Gasteiger partial charge >= 0.3 is 0 Å². The third-order valence-corrected chi connectivity index (χ3v) is 9.44. The van der Waals surface area contributed by atoms with E-state index >= 15 is 0 Å². The van der Waals surface area contributed by atoms with Gasteiger partial charge in [0.25, 0.3) is 0 Å². The Balaban J connectivity index is 1.41. The van der Waals surface area contributed by atoms with Gasteiger partial charge in [0.15, 0.2) is 6.29 Å². The highest BCUT2D eigenvalue weighted by Crippen LogP contribution is 2.64. The highest BCUT2D eigenvalue weighted by molar-refractivity contribution is 5.52. The van der Waals surface area contributed by atoms with Gasteiger partial charge in [0.2, 0.25) is 0 Å². The minimum atomic E-state index is -1.46. The molecule has 7 heteroatoms. The third-order valence-electron chi connectivity index (χ3n) is 9.44. The Morgan fingerprint density at radius 3 is 2.55 bits per heavy atom. The predicted octanol–water partition coefficient (Wildman–Crippen LogP) is 1.58. The maximum absolute atomic E-state index is 11.0. The lowest BCUT2D eigenvalue weighted by Gasteiger charge is -2.42. The number of rotatable bonds is 3. The van der Waals surface area contributed by atoms with Crippen molar-refractivity contribution >= 4 is 0 Å². The Morgan fingerprint density at radius 1 is 1.12 bits per heavy atom. The van der Waals surface area contributed by atoms with Gasteiger partial charge in [-0.3, -0.25) is 0 Å². The zero-order valence-corrected chi connectivity index (χ0v) is 19.8. The van der Waals surface area contributed by atoms with Crippen LogP contribution in [0.15, 0.2) is 35.5 Å². The fourth-order valence-corrected chi connectivity index (χ4v) is 7.41. The summed E-state index contributed by atoms with van der Waals surface area (Å²) < 4.78 is 11.8. The number of hydrogen-bond acceptors (Lipinski definition) is 7. The maximum Gasteiger partial charge on any atom is 0.187 e. The second kappa shape index (κ2) is 7.72. The molecule has 5 rings (SSSR count). The topological polar surface area (TPSA) is 120 Å². The zero-order valence-electron chi connectivity index (χ0n) is 19.8. The lowest BCUT2D eigenvalue weighted by atomic mass is 9.64. The molecule has 184 valence electrons. The quantitative estimate of drug-likeness (QED) is 0.432. The summed E-state index contributed by atoms with van der Waals surface area (Å²) in [4.78, 5) is 0. The van der Waals surface area contributed by atoms with Crippen molar-refractivity contribution in [3.63, 3.8) is 0 Å². The van der Waals surface area contributed by atoms with Crippen LogP contribution in [0.2, 0.25) is 0 Å². The summed E-state index contributed by atoms with van der Waals surface area (Å²) in [6.07, 6.45) is 2.13. The number of allylic oxidation sites excluding steroid dienone is 3. The van der Waals surface area contributed by atoms with Gasteiger partial charge in [-0.25, -0.2) is 0 Å². The second-order valence-corrected chi connectivity index (χ2v) is 11.8. The molecule has 0 aromatic carbocycles. The van der Waals surface area contributed by atoms with Crippen molar-refractivity contribution in [2.45, 2.75) is 95.3 Å². The molecule has 33 heavy (non-hydrogen) atoms. The lowest BCUT2D eigenvalue weighted by Crippen LogP contribution is -2.60. The van der Waals surface area contributed by atoms with Crippen LogP contribution in [0.5, 0.6) is 0 Å². The SMILES string of the molecule is C=C1C2=C(C=CC34CC(CCC13)C(C)(O)C4)C(C)(C)C(OC1OC(CO)C(O)C(O)C1O)C2. The molecule has 1 aliphatic heterocycles. The number of aliphatic hydroxyl groups excluding tert-OH is 4. The van der Waals surface area contributed by atoms with E-state index in [9.17, 15) is 25.5 Å². The molecule has 3 fully saturated rings. The molecular weight excluding hydrogens is 424 g/mol. The second-order valence-electron chi connectivity index (χ2n) is 11.8. The van der Waals surface area contributed by atoms with Crippen LogP contribution < -0.4 is 0 Å². The molecule has 2 bridgehead atoms. The van der Waals surface area contributed by atoms with Gasteiger partial charge in [-0.2, -0.15) is 0 Å². The standard InChI is InChI=1S/C26H38O7/c1-13-15-9-19(33-23-22(30)21(29)20(28)18(11-27)32-23)24(2,3)17(15)7-8-26-10-14(5-6-16(13)26)25(4,31)12-26/h7-8,14,16,18-23,27-31H,1,5-6,9-12H2,2-4H3. The Kier molecular flexibility index (Phi) is 5.54. The molecule has 0 aromatic rings.